The minimum absolute atomic E-state index is 0.0316. The number of nitrogens with one attached hydrogen (secondary N) is 1. The van der Waals surface area contributed by atoms with E-state index in [4.69, 9.17) is 21.1 Å². The Morgan fingerprint density at radius 1 is 1.20 bits per heavy atom. The normalized spacial score (nSPS) is 19.8. The fourth-order valence-corrected chi connectivity index (χ4v) is 4.45. The van der Waals surface area contributed by atoms with Crippen LogP contribution in [0.25, 0.3) is 5.69 Å². The molecule has 2 aromatic rings. The second-order valence-corrected chi connectivity index (χ2v) is 8.71. The van der Waals surface area contributed by atoms with E-state index in [-0.39, 0.29) is 17.8 Å². The number of amides is 1. The summed E-state index contributed by atoms with van der Waals surface area (Å²) in [4.78, 5) is 14.6. The molecule has 2 fully saturated rings. The molecular formula is C20H26ClN5O3S. The van der Waals surface area contributed by atoms with Gasteiger partial charge in [-0.1, -0.05) is 23.4 Å². The smallest absolute Gasteiger partial charge is 0.230 e. The van der Waals surface area contributed by atoms with Gasteiger partial charge in [0.25, 0.3) is 0 Å². The van der Waals surface area contributed by atoms with E-state index in [9.17, 15) is 4.79 Å². The molecule has 0 radical (unpaired) electrons. The van der Waals surface area contributed by atoms with Gasteiger partial charge in [-0.3, -0.25) is 14.3 Å². The molecule has 0 saturated carbocycles. The maximum absolute atomic E-state index is 12.3. The Morgan fingerprint density at radius 2 is 2.00 bits per heavy atom. The van der Waals surface area contributed by atoms with Gasteiger partial charge in [-0.2, -0.15) is 0 Å². The van der Waals surface area contributed by atoms with Crippen LogP contribution in [0.3, 0.4) is 0 Å². The largest absolute Gasteiger partial charge is 0.379 e. The van der Waals surface area contributed by atoms with Crippen molar-refractivity contribution < 1.29 is 14.3 Å². The van der Waals surface area contributed by atoms with E-state index in [0.717, 1.165) is 57.3 Å². The first-order chi connectivity index (χ1) is 14.7. The fourth-order valence-electron chi connectivity index (χ4n) is 3.52. The minimum Gasteiger partial charge on any atom is -0.379 e. The molecular weight excluding hydrogens is 426 g/mol. The lowest BCUT2D eigenvalue weighted by Gasteiger charge is -2.26. The zero-order chi connectivity index (χ0) is 20.8. The van der Waals surface area contributed by atoms with E-state index < -0.39 is 0 Å². The van der Waals surface area contributed by atoms with Gasteiger partial charge in [-0.15, -0.1) is 10.2 Å². The Morgan fingerprint density at radius 3 is 2.73 bits per heavy atom. The summed E-state index contributed by atoms with van der Waals surface area (Å²) in [6.07, 6.45) is 2.20. The van der Waals surface area contributed by atoms with Crippen LogP contribution >= 0.6 is 23.4 Å². The number of thioether (sulfide) groups is 1. The highest BCUT2D eigenvalue weighted by molar-refractivity contribution is 7.99. The Bertz CT molecular complexity index is 835. The van der Waals surface area contributed by atoms with Crippen molar-refractivity contribution in [1.29, 1.82) is 0 Å². The number of carbonyl (C=O) groups is 1. The molecule has 1 aromatic carbocycles. The maximum atomic E-state index is 12.3. The highest BCUT2D eigenvalue weighted by Crippen LogP contribution is 2.24. The first-order valence-electron chi connectivity index (χ1n) is 10.2. The van der Waals surface area contributed by atoms with Crippen LogP contribution in [0, 0.1) is 0 Å². The van der Waals surface area contributed by atoms with Gasteiger partial charge in [0, 0.05) is 37.0 Å². The van der Waals surface area contributed by atoms with Crippen molar-refractivity contribution in [3.05, 3.63) is 35.1 Å². The van der Waals surface area contributed by atoms with Gasteiger partial charge in [0.1, 0.15) is 0 Å². The Hall–Kier alpha value is -1.65. The lowest BCUT2D eigenvalue weighted by atomic mass is 10.2. The van der Waals surface area contributed by atoms with Crippen LogP contribution in [0.1, 0.15) is 18.7 Å². The predicted molar refractivity (Wildman–Crippen MR) is 115 cm³/mol. The molecule has 0 aliphatic carbocycles. The van der Waals surface area contributed by atoms with E-state index >= 15 is 0 Å². The molecule has 2 aliphatic heterocycles. The van der Waals surface area contributed by atoms with E-state index in [1.807, 2.05) is 28.8 Å². The molecule has 10 heteroatoms. The number of carbonyl (C=O) groups excluding carboxylic acids is 1. The number of hydrogen-bond acceptors (Lipinski definition) is 7. The monoisotopic (exact) mass is 451 g/mol. The molecule has 1 N–H and O–H groups in total. The van der Waals surface area contributed by atoms with Crippen molar-refractivity contribution in [3.63, 3.8) is 0 Å². The SMILES string of the molecule is O=C(CSc1nnc(CN2CCOCC2)n1-c1ccc(Cl)cc1)NC[C@H]1CCCO1. The summed E-state index contributed by atoms with van der Waals surface area (Å²) in [7, 11) is 0. The molecule has 162 valence electrons. The van der Waals surface area contributed by atoms with Crippen LogP contribution in [0.4, 0.5) is 0 Å². The van der Waals surface area contributed by atoms with Gasteiger partial charge in [0.15, 0.2) is 11.0 Å². The third-order valence-corrected chi connectivity index (χ3v) is 6.32. The van der Waals surface area contributed by atoms with Gasteiger partial charge >= 0.3 is 0 Å². The molecule has 1 amide bonds. The second-order valence-electron chi connectivity index (χ2n) is 7.33. The zero-order valence-electron chi connectivity index (χ0n) is 16.8. The summed E-state index contributed by atoms with van der Waals surface area (Å²) in [5, 5.41) is 13.1. The third-order valence-electron chi connectivity index (χ3n) is 5.14. The summed E-state index contributed by atoms with van der Waals surface area (Å²) in [6.45, 7) is 5.19. The van der Waals surface area contributed by atoms with Crippen molar-refractivity contribution in [2.24, 2.45) is 0 Å². The molecule has 2 aliphatic rings. The molecule has 2 saturated heterocycles. The van der Waals surface area contributed by atoms with Gasteiger partial charge in [-0.25, -0.2) is 0 Å². The molecule has 8 nitrogen and oxygen atoms in total. The van der Waals surface area contributed by atoms with Crippen LogP contribution in [-0.4, -0.2) is 76.9 Å². The highest BCUT2D eigenvalue weighted by atomic mass is 35.5. The number of nitrogens with zero attached hydrogens (tertiary/aromatic N) is 4. The minimum atomic E-state index is -0.0316. The van der Waals surface area contributed by atoms with E-state index in [1.165, 1.54) is 11.8 Å². The molecule has 30 heavy (non-hydrogen) atoms. The second kappa shape index (κ2) is 10.6. The summed E-state index contributed by atoms with van der Waals surface area (Å²) in [6, 6.07) is 7.57. The number of morpholine rings is 1. The van der Waals surface area contributed by atoms with Crippen LogP contribution in [-0.2, 0) is 20.8 Å². The van der Waals surface area contributed by atoms with Gasteiger partial charge < -0.3 is 14.8 Å². The Balaban J connectivity index is 1.44. The molecule has 0 unspecified atom stereocenters. The van der Waals surface area contributed by atoms with Gasteiger partial charge in [-0.05, 0) is 37.1 Å². The average Bonchev–Trinajstić information content (AvgIpc) is 3.42. The van der Waals surface area contributed by atoms with Crippen LogP contribution in [0.5, 0.6) is 0 Å². The van der Waals surface area contributed by atoms with Crippen molar-refractivity contribution in [1.82, 2.24) is 25.0 Å². The van der Waals surface area contributed by atoms with E-state index in [2.05, 4.69) is 20.4 Å². The molecule has 4 rings (SSSR count). The Kier molecular flexibility index (Phi) is 7.62. The summed E-state index contributed by atoms with van der Waals surface area (Å²) in [5.41, 5.74) is 0.926. The number of hydrogen-bond donors (Lipinski definition) is 1. The fraction of sp³-hybridized carbons (Fsp3) is 0.550. The molecule has 0 bridgehead atoms. The Labute approximate surface area is 185 Å². The third kappa shape index (κ3) is 5.73. The van der Waals surface area contributed by atoms with Crippen molar-refractivity contribution in [3.8, 4) is 5.69 Å². The summed E-state index contributed by atoms with van der Waals surface area (Å²) in [5.74, 6) is 1.08. The first kappa shape index (κ1) is 21.6. The summed E-state index contributed by atoms with van der Waals surface area (Å²) >= 11 is 7.45. The van der Waals surface area contributed by atoms with Crippen LogP contribution in [0.15, 0.2) is 29.4 Å². The average molecular weight is 452 g/mol. The molecule has 1 aromatic heterocycles. The lowest BCUT2D eigenvalue weighted by molar-refractivity contribution is -0.119. The number of benzene rings is 1. The topological polar surface area (TPSA) is 81.5 Å². The predicted octanol–water partition coefficient (Wildman–Crippen LogP) is 2.14. The van der Waals surface area contributed by atoms with Gasteiger partial charge in [0.05, 0.1) is 31.6 Å². The van der Waals surface area contributed by atoms with Gasteiger partial charge in [0.2, 0.25) is 5.91 Å². The van der Waals surface area contributed by atoms with Crippen LogP contribution < -0.4 is 5.32 Å². The highest BCUT2D eigenvalue weighted by Gasteiger charge is 2.20. The molecule has 1 atom stereocenters. The zero-order valence-corrected chi connectivity index (χ0v) is 18.3. The maximum Gasteiger partial charge on any atom is 0.230 e. The van der Waals surface area contributed by atoms with Crippen molar-refractivity contribution >= 4 is 29.3 Å². The first-order valence-corrected chi connectivity index (χ1v) is 11.6. The number of aromatic nitrogens is 3. The molecule has 3 heterocycles. The van der Waals surface area contributed by atoms with Crippen LogP contribution in [0.2, 0.25) is 5.02 Å². The number of rotatable bonds is 8. The van der Waals surface area contributed by atoms with E-state index in [1.54, 1.807) is 0 Å². The van der Waals surface area contributed by atoms with Crippen molar-refractivity contribution in [2.75, 3.05) is 45.2 Å². The summed E-state index contributed by atoms with van der Waals surface area (Å²) < 4.78 is 13.0. The van der Waals surface area contributed by atoms with E-state index in [0.29, 0.717) is 23.3 Å². The standard InChI is InChI=1S/C20H26ClN5O3S/c21-15-3-5-16(6-4-15)26-18(13-25-7-10-28-11-8-25)23-24-20(26)30-14-19(27)22-12-17-2-1-9-29-17/h3-6,17H,1-2,7-14H2,(H,22,27)/t17-/m1/s1. The number of halogens is 1. The quantitative estimate of drug-likeness (QED) is 0.616. The van der Waals surface area contributed by atoms with Crippen molar-refractivity contribution in [2.45, 2.75) is 30.6 Å². The number of ether oxygens (including phenoxy) is 2. The lowest BCUT2D eigenvalue weighted by Crippen LogP contribution is -2.36. The molecule has 0 spiro atoms.